The van der Waals surface area contributed by atoms with E-state index in [1.54, 1.807) is 18.2 Å². The van der Waals surface area contributed by atoms with Crippen molar-refractivity contribution in [3.8, 4) is 11.1 Å². The maximum absolute atomic E-state index is 11.2. The van der Waals surface area contributed by atoms with E-state index < -0.39 is 17.6 Å². The molecule has 0 unspecified atom stereocenters. The summed E-state index contributed by atoms with van der Waals surface area (Å²) in [6.07, 6.45) is 2.86. The minimum atomic E-state index is -1.38. The highest BCUT2D eigenvalue weighted by molar-refractivity contribution is 6.02. The number of nitrogens with zero attached hydrogens (tertiary/aromatic N) is 1. The molecule has 1 aromatic carbocycles. The Labute approximate surface area is 118 Å². The van der Waals surface area contributed by atoms with Gasteiger partial charge in [-0.05, 0) is 12.1 Å². The van der Waals surface area contributed by atoms with Crippen molar-refractivity contribution < 1.29 is 24.2 Å². The van der Waals surface area contributed by atoms with Crippen LogP contribution in [0.5, 0.6) is 0 Å². The maximum atomic E-state index is 11.2. The lowest BCUT2D eigenvalue weighted by atomic mass is 10.0. The molecule has 3 aromatic rings. The summed E-state index contributed by atoms with van der Waals surface area (Å²) in [6, 6.07) is 8.50. The van der Waals surface area contributed by atoms with Crippen molar-refractivity contribution in [1.82, 2.24) is 4.98 Å². The quantitative estimate of drug-likeness (QED) is 0.766. The Bertz CT molecular complexity index is 865. The molecule has 2 aromatic heterocycles. The third-order valence-corrected chi connectivity index (χ3v) is 3.11. The van der Waals surface area contributed by atoms with Crippen LogP contribution in [-0.2, 0) is 0 Å². The van der Waals surface area contributed by atoms with Crippen molar-refractivity contribution in [2.45, 2.75) is 0 Å². The lowest BCUT2D eigenvalue weighted by Crippen LogP contribution is -2.10. The number of para-hydroxylation sites is 1. The van der Waals surface area contributed by atoms with Gasteiger partial charge in [0.1, 0.15) is 5.58 Å². The Balaban J connectivity index is 2.24. The topological polar surface area (TPSA) is 101 Å². The fraction of sp³-hybridized carbons (Fsp3) is 0. The molecule has 0 bridgehead atoms. The first-order chi connectivity index (χ1) is 10.1. The molecule has 0 atom stereocenters. The first-order valence-electron chi connectivity index (χ1n) is 6.01. The van der Waals surface area contributed by atoms with E-state index in [4.69, 9.17) is 14.6 Å². The standard InChI is InChI=1S/C15H9NO5/c17-14(18)11-6-9(7-16-12(11)15(19)20)10-3-1-2-8-4-5-21-13(8)10/h1-7H,(H,17,18)(H,19,20). The van der Waals surface area contributed by atoms with Crippen LogP contribution >= 0.6 is 0 Å². The van der Waals surface area contributed by atoms with Crippen LogP contribution in [0.4, 0.5) is 0 Å². The Morgan fingerprint density at radius 1 is 1.10 bits per heavy atom. The third-order valence-electron chi connectivity index (χ3n) is 3.11. The number of carboxylic acids is 2. The second-order valence-electron chi connectivity index (χ2n) is 4.37. The minimum Gasteiger partial charge on any atom is -0.478 e. The number of rotatable bonds is 3. The van der Waals surface area contributed by atoms with E-state index in [1.807, 2.05) is 6.07 Å². The van der Waals surface area contributed by atoms with Gasteiger partial charge in [-0.2, -0.15) is 0 Å². The molecule has 0 aliphatic carbocycles. The molecule has 104 valence electrons. The number of carbonyl (C=O) groups is 2. The van der Waals surface area contributed by atoms with Crippen LogP contribution in [0.3, 0.4) is 0 Å². The fourth-order valence-electron chi connectivity index (χ4n) is 2.17. The van der Waals surface area contributed by atoms with Crippen molar-refractivity contribution in [3.63, 3.8) is 0 Å². The smallest absolute Gasteiger partial charge is 0.355 e. The van der Waals surface area contributed by atoms with Crippen molar-refractivity contribution in [2.75, 3.05) is 0 Å². The predicted octanol–water partition coefficient (Wildman–Crippen LogP) is 2.89. The molecule has 0 spiro atoms. The molecule has 2 N–H and O–H groups in total. The maximum Gasteiger partial charge on any atom is 0.355 e. The van der Waals surface area contributed by atoms with E-state index in [-0.39, 0.29) is 5.56 Å². The van der Waals surface area contributed by atoms with Gasteiger partial charge in [0.25, 0.3) is 0 Å². The second kappa shape index (κ2) is 4.75. The fourth-order valence-corrected chi connectivity index (χ4v) is 2.17. The highest BCUT2D eigenvalue weighted by Crippen LogP contribution is 2.29. The summed E-state index contributed by atoms with van der Waals surface area (Å²) in [6.45, 7) is 0. The third kappa shape index (κ3) is 2.12. The second-order valence-corrected chi connectivity index (χ2v) is 4.37. The van der Waals surface area contributed by atoms with Crippen molar-refractivity contribution in [2.24, 2.45) is 0 Å². The Morgan fingerprint density at radius 3 is 2.62 bits per heavy atom. The van der Waals surface area contributed by atoms with Gasteiger partial charge in [0.2, 0.25) is 0 Å². The van der Waals surface area contributed by atoms with Crippen molar-refractivity contribution in [3.05, 3.63) is 54.0 Å². The van der Waals surface area contributed by atoms with E-state index in [2.05, 4.69) is 4.98 Å². The number of aromatic nitrogens is 1. The molecule has 0 saturated carbocycles. The Kier molecular flexibility index (Phi) is 2.91. The average Bonchev–Trinajstić information content (AvgIpc) is 2.94. The number of carboxylic acid groups (broad SMARTS) is 2. The summed E-state index contributed by atoms with van der Waals surface area (Å²) in [5, 5.41) is 19.0. The van der Waals surface area contributed by atoms with Crippen LogP contribution in [0.2, 0.25) is 0 Å². The molecular formula is C15H9NO5. The first kappa shape index (κ1) is 12.9. The SMILES string of the molecule is O=C(O)c1cc(-c2cccc3ccoc23)cnc1C(=O)O. The molecule has 0 radical (unpaired) electrons. The van der Waals surface area contributed by atoms with E-state index in [0.717, 1.165) is 5.39 Å². The lowest BCUT2D eigenvalue weighted by molar-refractivity contribution is 0.0646. The lowest BCUT2D eigenvalue weighted by Gasteiger charge is -2.06. The van der Waals surface area contributed by atoms with Gasteiger partial charge in [-0.15, -0.1) is 0 Å². The Hall–Kier alpha value is -3.15. The van der Waals surface area contributed by atoms with Gasteiger partial charge in [-0.3, -0.25) is 0 Å². The van der Waals surface area contributed by atoms with E-state index in [0.29, 0.717) is 16.7 Å². The normalized spacial score (nSPS) is 10.7. The van der Waals surface area contributed by atoms with E-state index in [1.165, 1.54) is 18.5 Å². The van der Waals surface area contributed by atoms with Gasteiger partial charge < -0.3 is 14.6 Å². The van der Waals surface area contributed by atoms with Gasteiger partial charge in [0.15, 0.2) is 5.69 Å². The summed E-state index contributed by atoms with van der Waals surface area (Å²) in [5.41, 5.74) is 0.891. The summed E-state index contributed by atoms with van der Waals surface area (Å²) in [5.74, 6) is -2.72. The zero-order valence-corrected chi connectivity index (χ0v) is 10.6. The highest BCUT2D eigenvalue weighted by atomic mass is 16.4. The monoisotopic (exact) mass is 283 g/mol. The number of furan rings is 1. The largest absolute Gasteiger partial charge is 0.478 e. The first-order valence-corrected chi connectivity index (χ1v) is 6.01. The van der Waals surface area contributed by atoms with Gasteiger partial charge >= 0.3 is 11.9 Å². The van der Waals surface area contributed by atoms with Gasteiger partial charge in [-0.25, -0.2) is 14.6 Å². The molecule has 6 nitrogen and oxygen atoms in total. The molecular weight excluding hydrogens is 274 g/mol. The molecule has 0 aliphatic heterocycles. The van der Waals surface area contributed by atoms with Crippen molar-refractivity contribution >= 4 is 22.9 Å². The van der Waals surface area contributed by atoms with Crippen molar-refractivity contribution in [1.29, 1.82) is 0 Å². The molecule has 21 heavy (non-hydrogen) atoms. The number of aromatic carboxylic acids is 2. The molecule has 0 aliphatic rings. The number of hydrogen-bond acceptors (Lipinski definition) is 4. The number of hydrogen-bond donors (Lipinski definition) is 2. The highest BCUT2D eigenvalue weighted by Gasteiger charge is 2.19. The number of benzene rings is 1. The molecule has 0 fully saturated rings. The van der Waals surface area contributed by atoms with Gasteiger partial charge in [0, 0.05) is 22.7 Å². The molecule has 0 saturated heterocycles. The van der Waals surface area contributed by atoms with Crippen LogP contribution in [0.15, 0.2) is 47.2 Å². The van der Waals surface area contributed by atoms with Gasteiger partial charge in [-0.1, -0.05) is 18.2 Å². The van der Waals surface area contributed by atoms with E-state index in [9.17, 15) is 9.59 Å². The summed E-state index contributed by atoms with van der Waals surface area (Å²) in [7, 11) is 0. The zero-order valence-electron chi connectivity index (χ0n) is 10.6. The summed E-state index contributed by atoms with van der Waals surface area (Å²) < 4.78 is 5.39. The van der Waals surface area contributed by atoms with Crippen LogP contribution in [0, 0.1) is 0 Å². The van der Waals surface area contributed by atoms with Crippen LogP contribution in [-0.4, -0.2) is 27.1 Å². The number of fused-ring (bicyclic) bond motifs is 1. The molecule has 6 heteroatoms. The average molecular weight is 283 g/mol. The van der Waals surface area contributed by atoms with Crippen LogP contribution in [0.1, 0.15) is 20.8 Å². The van der Waals surface area contributed by atoms with E-state index >= 15 is 0 Å². The summed E-state index contributed by atoms with van der Waals surface area (Å²) in [4.78, 5) is 25.9. The number of pyridine rings is 1. The van der Waals surface area contributed by atoms with Crippen LogP contribution < -0.4 is 0 Å². The Morgan fingerprint density at radius 2 is 1.90 bits per heavy atom. The summed E-state index contributed by atoms with van der Waals surface area (Å²) >= 11 is 0. The predicted molar refractivity (Wildman–Crippen MR) is 73.4 cm³/mol. The molecule has 3 rings (SSSR count). The van der Waals surface area contributed by atoms with Crippen LogP contribution in [0.25, 0.3) is 22.1 Å². The zero-order chi connectivity index (χ0) is 15.0. The van der Waals surface area contributed by atoms with Gasteiger partial charge in [0.05, 0.1) is 11.8 Å². The molecule has 2 heterocycles. The molecule has 0 amide bonds. The minimum absolute atomic E-state index is 0.358.